The van der Waals surface area contributed by atoms with Crippen LogP contribution in [0.2, 0.25) is 0 Å². The fourth-order valence-electron chi connectivity index (χ4n) is 1.93. The first-order chi connectivity index (χ1) is 9.24. The number of para-hydroxylation sites is 1. The smallest absolute Gasteiger partial charge is 0.181 e. The zero-order chi connectivity index (χ0) is 13.2. The van der Waals surface area contributed by atoms with Gasteiger partial charge in [0.05, 0.1) is 6.42 Å². The SMILES string of the molecule is Cn1ncnc1CC(=O)C1CSc2ccccc2O1. The minimum atomic E-state index is -0.406. The molecule has 0 radical (unpaired) electrons. The molecule has 1 atom stereocenters. The van der Waals surface area contributed by atoms with Gasteiger partial charge in [0.1, 0.15) is 17.9 Å². The Bertz CT molecular complexity index is 611. The van der Waals surface area contributed by atoms with Crippen LogP contribution in [0.25, 0.3) is 0 Å². The molecule has 2 aromatic rings. The van der Waals surface area contributed by atoms with Crippen molar-refractivity contribution in [1.29, 1.82) is 0 Å². The first-order valence-electron chi connectivity index (χ1n) is 5.98. The van der Waals surface area contributed by atoms with E-state index >= 15 is 0 Å². The van der Waals surface area contributed by atoms with Gasteiger partial charge in [-0.3, -0.25) is 9.48 Å². The van der Waals surface area contributed by atoms with Crippen molar-refractivity contribution in [3.8, 4) is 5.75 Å². The van der Waals surface area contributed by atoms with Crippen LogP contribution in [0.1, 0.15) is 5.82 Å². The van der Waals surface area contributed by atoms with Crippen LogP contribution < -0.4 is 4.74 Å². The van der Waals surface area contributed by atoms with Crippen LogP contribution in [0, 0.1) is 0 Å². The number of hydrogen-bond donors (Lipinski definition) is 0. The minimum Gasteiger partial charge on any atom is -0.481 e. The maximum Gasteiger partial charge on any atom is 0.181 e. The molecule has 0 N–H and O–H groups in total. The van der Waals surface area contributed by atoms with Crippen LogP contribution >= 0.6 is 11.8 Å². The van der Waals surface area contributed by atoms with E-state index in [1.807, 2.05) is 24.3 Å². The number of ether oxygens (including phenoxy) is 1. The van der Waals surface area contributed by atoms with Crippen LogP contribution in [0.15, 0.2) is 35.5 Å². The van der Waals surface area contributed by atoms with Crippen molar-refractivity contribution >= 4 is 17.5 Å². The maximum atomic E-state index is 12.2. The average Bonchev–Trinajstić information content (AvgIpc) is 2.84. The van der Waals surface area contributed by atoms with Crippen LogP contribution in [-0.4, -0.2) is 32.4 Å². The van der Waals surface area contributed by atoms with Gasteiger partial charge in [-0.15, -0.1) is 11.8 Å². The molecule has 19 heavy (non-hydrogen) atoms. The summed E-state index contributed by atoms with van der Waals surface area (Å²) >= 11 is 1.65. The Morgan fingerprint density at radius 1 is 1.53 bits per heavy atom. The molecule has 1 aliphatic heterocycles. The lowest BCUT2D eigenvalue weighted by molar-refractivity contribution is -0.124. The highest BCUT2D eigenvalue weighted by atomic mass is 32.2. The van der Waals surface area contributed by atoms with E-state index in [1.54, 1.807) is 23.5 Å². The number of nitrogens with zero attached hydrogens (tertiary/aromatic N) is 3. The Hall–Kier alpha value is -1.82. The van der Waals surface area contributed by atoms with Crippen molar-refractivity contribution in [1.82, 2.24) is 14.8 Å². The van der Waals surface area contributed by atoms with Gasteiger partial charge in [0, 0.05) is 17.7 Å². The molecule has 1 unspecified atom stereocenters. The monoisotopic (exact) mass is 275 g/mol. The van der Waals surface area contributed by atoms with Gasteiger partial charge in [0.2, 0.25) is 0 Å². The number of aryl methyl sites for hydroxylation is 1. The van der Waals surface area contributed by atoms with E-state index in [0.29, 0.717) is 11.6 Å². The van der Waals surface area contributed by atoms with Crippen LogP contribution in [0.3, 0.4) is 0 Å². The maximum absolute atomic E-state index is 12.2. The van der Waals surface area contributed by atoms with Crippen molar-refractivity contribution in [3.63, 3.8) is 0 Å². The van der Waals surface area contributed by atoms with Gasteiger partial charge in [-0.05, 0) is 12.1 Å². The molecule has 0 spiro atoms. The third-order valence-electron chi connectivity index (χ3n) is 3.01. The van der Waals surface area contributed by atoms with E-state index in [2.05, 4.69) is 10.1 Å². The standard InChI is InChI=1S/C13H13N3O2S/c1-16-13(14-8-15-16)6-9(17)11-7-19-12-5-3-2-4-10(12)18-11/h2-5,8,11H,6-7H2,1H3. The Labute approximate surface area is 115 Å². The van der Waals surface area contributed by atoms with Crippen molar-refractivity contribution in [2.24, 2.45) is 7.05 Å². The summed E-state index contributed by atoms with van der Waals surface area (Å²) in [4.78, 5) is 17.4. The van der Waals surface area contributed by atoms with Gasteiger partial charge < -0.3 is 4.74 Å². The summed E-state index contributed by atoms with van der Waals surface area (Å²) in [6.07, 6.45) is 1.30. The van der Waals surface area contributed by atoms with E-state index in [-0.39, 0.29) is 12.2 Å². The third-order valence-corrected chi connectivity index (χ3v) is 4.12. The van der Waals surface area contributed by atoms with Crippen molar-refractivity contribution in [2.45, 2.75) is 17.4 Å². The molecule has 0 saturated heterocycles. The molecule has 2 heterocycles. The van der Waals surface area contributed by atoms with Crippen LogP contribution in [0.4, 0.5) is 0 Å². The average molecular weight is 275 g/mol. The zero-order valence-electron chi connectivity index (χ0n) is 10.4. The molecule has 0 saturated carbocycles. The number of aromatic nitrogens is 3. The van der Waals surface area contributed by atoms with Crippen LogP contribution in [-0.2, 0) is 18.3 Å². The second kappa shape index (κ2) is 5.05. The number of benzene rings is 1. The largest absolute Gasteiger partial charge is 0.481 e. The molecule has 98 valence electrons. The molecule has 0 aliphatic carbocycles. The summed E-state index contributed by atoms with van der Waals surface area (Å²) in [5.74, 6) is 2.14. The Morgan fingerprint density at radius 3 is 3.16 bits per heavy atom. The first kappa shape index (κ1) is 12.2. The summed E-state index contributed by atoms with van der Waals surface area (Å²) in [7, 11) is 1.78. The fourth-order valence-corrected chi connectivity index (χ4v) is 2.95. The van der Waals surface area contributed by atoms with E-state index in [1.165, 1.54) is 6.33 Å². The summed E-state index contributed by atoms with van der Waals surface area (Å²) in [5, 5.41) is 3.96. The fraction of sp³-hybridized carbons (Fsp3) is 0.308. The van der Waals surface area contributed by atoms with Crippen LogP contribution in [0.5, 0.6) is 5.75 Å². The van der Waals surface area contributed by atoms with Gasteiger partial charge >= 0.3 is 0 Å². The number of carbonyl (C=O) groups excluding carboxylic acids is 1. The number of hydrogen-bond acceptors (Lipinski definition) is 5. The molecule has 6 heteroatoms. The lowest BCUT2D eigenvalue weighted by atomic mass is 10.2. The second-order valence-corrected chi connectivity index (χ2v) is 5.37. The lowest BCUT2D eigenvalue weighted by Crippen LogP contribution is -2.34. The number of carbonyl (C=O) groups is 1. The topological polar surface area (TPSA) is 57.0 Å². The minimum absolute atomic E-state index is 0.0399. The summed E-state index contributed by atoms with van der Waals surface area (Å²) in [5.41, 5.74) is 0. The molecule has 1 aromatic heterocycles. The molecule has 1 aliphatic rings. The van der Waals surface area contributed by atoms with Gasteiger partial charge in [-0.1, -0.05) is 12.1 Å². The highest BCUT2D eigenvalue weighted by Gasteiger charge is 2.27. The zero-order valence-corrected chi connectivity index (χ0v) is 11.3. The number of Topliss-reactive ketones (excluding diaryl/α,β-unsaturated/α-hetero) is 1. The van der Waals surface area contributed by atoms with Gasteiger partial charge in [0.15, 0.2) is 11.9 Å². The Balaban J connectivity index is 1.71. The summed E-state index contributed by atoms with van der Waals surface area (Å²) in [6.45, 7) is 0. The van der Waals surface area contributed by atoms with Crippen molar-refractivity contribution < 1.29 is 9.53 Å². The normalized spacial score (nSPS) is 17.6. The molecular formula is C13H13N3O2S. The van der Waals surface area contributed by atoms with E-state index in [9.17, 15) is 4.79 Å². The second-order valence-electron chi connectivity index (χ2n) is 4.31. The Kier molecular flexibility index (Phi) is 3.25. The summed E-state index contributed by atoms with van der Waals surface area (Å²) in [6, 6.07) is 7.78. The predicted molar refractivity (Wildman–Crippen MR) is 71.3 cm³/mol. The number of rotatable bonds is 3. The van der Waals surface area contributed by atoms with Gasteiger partial charge in [-0.25, -0.2) is 4.98 Å². The van der Waals surface area contributed by atoms with Gasteiger partial charge in [-0.2, -0.15) is 5.10 Å². The number of ketones is 1. The molecule has 5 nitrogen and oxygen atoms in total. The first-order valence-corrected chi connectivity index (χ1v) is 6.96. The number of thioether (sulfide) groups is 1. The molecule has 0 amide bonds. The van der Waals surface area contributed by atoms with Gasteiger partial charge in [0.25, 0.3) is 0 Å². The molecule has 1 aromatic carbocycles. The highest BCUT2D eigenvalue weighted by Crippen LogP contribution is 2.35. The lowest BCUT2D eigenvalue weighted by Gasteiger charge is -2.24. The molecule has 0 fully saturated rings. The van der Waals surface area contributed by atoms with E-state index < -0.39 is 6.10 Å². The van der Waals surface area contributed by atoms with Crippen molar-refractivity contribution in [2.75, 3.05) is 5.75 Å². The molecule has 3 rings (SSSR count). The van der Waals surface area contributed by atoms with E-state index in [0.717, 1.165) is 10.6 Å². The quantitative estimate of drug-likeness (QED) is 0.849. The summed E-state index contributed by atoms with van der Waals surface area (Å²) < 4.78 is 7.37. The third kappa shape index (κ3) is 2.49. The number of fused-ring (bicyclic) bond motifs is 1. The van der Waals surface area contributed by atoms with Crippen molar-refractivity contribution in [3.05, 3.63) is 36.4 Å². The van der Waals surface area contributed by atoms with E-state index in [4.69, 9.17) is 4.74 Å². The Morgan fingerprint density at radius 2 is 2.37 bits per heavy atom. The molecular weight excluding hydrogens is 262 g/mol. The molecule has 0 bridgehead atoms. The highest BCUT2D eigenvalue weighted by molar-refractivity contribution is 7.99. The predicted octanol–water partition coefficient (Wildman–Crippen LogP) is 1.48.